The minimum Gasteiger partial charge on any atom is -0.399 e. The fourth-order valence-corrected chi connectivity index (χ4v) is 2.72. The molecule has 0 saturated carbocycles. The summed E-state index contributed by atoms with van der Waals surface area (Å²) in [5.74, 6) is 0. The summed E-state index contributed by atoms with van der Waals surface area (Å²) in [6.07, 6.45) is 0. The lowest BCUT2D eigenvalue weighted by atomic mass is 10.00. The summed E-state index contributed by atoms with van der Waals surface area (Å²) in [7, 11) is -4.36. The first kappa shape index (κ1) is 14.4. The minimum atomic E-state index is -4.36. The normalized spacial score (nSPS) is 11.6. The van der Waals surface area contributed by atoms with Crippen LogP contribution in [0.3, 0.4) is 0 Å². The second-order valence-corrected chi connectivity index (χ2v) is 6.14. The molecule has 20 heavy (non-hydrogen) atoms. The molecule has 0 atom stereocenters. The predicted molar refractivity (Wildman–Crippen MR) is 80.0 cm³/mol. The van der Waals surface area contributed by atoms with Gasteiger partial charge in [0.05, 0.1) is 0 Å². The van der Waals surface area contributed by atoms with Crippen molar-refractivity contribution in [3.05, 3.63) is 41.5 Å². The van der Waals surface area contributed by atoms with E-state index in [-0.39, 0.29) is 4.90 Å². The molecule has 0 aromatic heterocycles. The van der Waals surface area contributed by atoms with Gasteiger partial charge in [0.2, 0.25) is 0 Å². The summed E-state index contributed by atoms with van der Waals surface area (Å²) in [5, 5.41) is 0. The number of rotatable bonds is 2. The number of nitrogen functional groups attached to an aromatic ring is 2. The van der Waals surface area contributed by atoms with E-state index in [0.717, 1.165) is 11.1 Å². The van der Waals surface area contributed by atoms with E-state index in [4.69, 9.17) is 11.5 Å². The molecule has 0 fully saturated rings. The average Bonchev–Trinajstić information content (AvgIpc) is 2.34. The van der Waals surface area contributed by atoms with Gasteiger partial charge in [-0.3, -0.25) is 4.55 Å². The highest BCUT2D eigenvalue weighted by molar-refractivity contribution is 7.86. The van der Waals surface area contributed by atoms with E-state index < -0.39 is 10.1 Å². The predicted octanol–water partition coefficient (Wildman–Crippen LogP) is 2.38. The summed E-state index contributed by atoms with van der Waals surface area (Å²) in [4.78, 5) is -0.204. The molecular formula is C14H16N2O3S. The third-order valence-corrected chi connectivity index (χ3v) is 4.12. The number of hydrogen-bond donors (Lipinski definition) is 3. The van der Waals surface area contributed by atoms with Crippen molar-refractivity contribution in [2.75, 3.05) is 11.5 Å². The maximum absolute atomic E-state index is 11.5. The Labute approximate surface area is 118 Å². The Hall–Kier alpha value is -2.05. The molecule has 0 heterocycles. The van der Waals surface area contributed by atoms with Gasteiger partial charge in [-0.1, -0.05) is 6.07 Å². The van der Waals surface area contributed by atoms with Crippen LogP contribution in [0.1, 0.15) is 11.1 Å². The van der Waals surface area contributed by atoms with Gasteiger partial charge in [0.15, 0.2) is 0 Å². The van der Waals surface area contributed by atoms with Gasteiger partial charge < -0.3 is 11.5 Å². The van der Waals surface area contributed by atoms with Crippen LogP contribution in [0.5, 0.6) is 0 Å². The number of benzene rings is 2. The van der Waals surface area contributed by atoms with Gasteiger partial charge in [-0.25, -0.2) is 0 Å². The van der Waals surface area contributed by atoms with Crippen LogP contribution in [0.4, 0.5) is 11.4 Å². The quantitative estimate of drug-likeness (QED) is 0.582. The lowest BCUT2D eigenvalue weighted by Gasteiger charge is -2.12. The van der Waals surface area contributed by atoms with Gasteiger partial charge in [0.1, 0.15) is 4.90 Å². The fourth-order valence-electron chi connectivity index (χ4n) is 1.99. The van der Waals surface area contributed by atoms with Crippen molar-refractivity contribution < 1.29 is 13.0 Å². The Kier molecular flexibility index (Phi) is 3.45. The van der Waals surface area contributed by atoms with Gasteiger partial charge in [-0.15, -0.1) is 0 Å². The topological polar surface area (TPSA) is 106 Å². The highest BCUT2D eigenvalue weighted by Crippen LogP contribution is 2.32. The van der Waals surface area contributed by atoms with E-state index in [1.165, 1.54) is 6.07 Å². The number of anilines is 2. The van der Waals surface area contributed by atoms with Crippen LogP contribution in [0, 0.1) is 13.8 Å². The third kappa shape index (κ3) is 2.61. The SMILES string of the molecule is Cc1cc(-c2cc(C)c(N)cc2S(=O)(=O)O)ccc1N. The van der Waals surface area contributed by atoms with Crippen molar-refractivity contribution in [2.24, 2.45) is 0 Å². The summed E-state index contributed by atoms with van der Waals surface area (Å²) in [6.45, 7) is 3.60. The van der Waals surface area contributed by atoms with Gasteiger partial charge in [0, 0.05) is 16.9 Å². The maximum Gasteiger partial charge on any atom is 0.295 e. The molecule has 106 valence electrons. The Morgan fingerprint density at radius 3 is 2.10 bits per heavy atom. The van der Waals surface area contributed by atoms with E-state index in [9.17, 15) is 13.0 Å². The molecule has 0 spiro atoms. The molecule has 5 N–H and O–H groups in total. The van der Waals surface area contributed by atoms with E-state index in [0.29, 0.717) is 22.5 Å². The van der Waals surface area contributed by atoms with E-state index >= 15 is 0 Å². The van der Waals surface area contributed by atoms with Crippen LogP contribution >= 0.6 is 0 Å². The Bertz CT molecular complexity index is 783. The van der Waals surface area contributed by atoms with Crippen LogP contribution in [-0.4, -0.2) is 13.0 Å². The summed E-state index contributed by atoms with van der Waals surface area (Å²) in [6, 6.07) is 8.09. The smallest absolute Gasteiger partial charge is 0.295 e. The molecule has 0 amide bonds. The van der Waals surface area contributed by atoms with Gasteiger partial charge in [-0.2, -0.15) is 8.42 Å². The average molecular weight is 292 g/mol. The van der Waals surface area contributed by atoms with Crippen molar-refractivity contribution in [2.45, 2.75) is 18.7 Å². The molecule has 0 aliphatic carbocycles. The minimum absolute atomic E-state index is 0.204. The van der Waals surface area contributed by atoms with Gasteiger partial charge in [-0.05, 0) is 54.8 Å². The van der Waals surface area contributed by atoms with E-state index in [1.54, 1.807) is 31.2 Å². The molecular weight excluding hydrogens is 276 g/mol. The number of aryl methyl sites for hydroxylation is 2. The lowest BCUT2D eigenvalue weighted by Crippen LogP contribution is -2.04. The van der Waals surface area contributed by atoms with Gasteiger partial charge in [0.25, 0.3) is 10.1 Å². The second kappa shape index (κ2) is 4.81. The fraction of sp³-hybridized carbons (Fsp3) is 0.143. The first-order valence-electron chi connectivity index (χ1n) is 5.94. The zero-order valence-electron chi connectivity index (χ0n) is 11.2. The molecule has 0 aliphatic heterocycles. The van der Waals surface area contributed by atoms with Crippen molar-refractivity contribution in [1.82, 2.24) is 0 Å². The first-order chi connectivity index (χ1) is 9.20. The standard InChI is InChI=1S/C14H16N2O3S/c1-8-5-10(3-4-12(8)15)11-6-9(2)13(16)7-14(11)20(17,18)19/h3-7H,15-16H2,1-2H3,(H,17,18,19). The summed E-state index contributed by atoms with van der Waals surface area (Å²) in [5.41, 5.74) is 15.0. The molecule has 0 bridgehead atoms. The molecule has 0 aliphatic rings. The Morgan fingerprint density at radius 2 is 1.55 bits per heavy atom. The van der Waals surface area contributed by atoms with Crippen LogP contribution in [-0.2, 0) is 10.1 Å². The summed E-state index contributed by atoms with van der Waals surface area (Å²) < 4.78 is 32.4. The first-order valence-corrected chi connectivity index (χ1v) is 7.38. The van der Waals surface area contributed by atoms with Crippen molar-refractivity contribution in [3.63, 3.8) is 0 Å². The molecule has 0 unspecified atom stereocenters. The van der Waals surface area contributed by atoms with E-state index in [1.807, 2.05) is 6.92 Å². The number of nitrogens with two attached hydrogens (primary N) is 2. The van der Waals surface area contributed by atoms with Gasteiger partial charge >= 0.3 is 0 Å². The molecule has 2 aromatic carbocycles. The molecule has 2 rings (SSSR count). The van der Waals surface area contributed by atoms with Crippen molar-refractivity contribution in [1.29, 1.82) is 0 Å². The largest absolute Gasteiger partial charge is 0.399 e. The molecule has 5 nitrogen and oxygen atoms in total. The molecule has 0 radical (unpaired) electrons. The Morgan fingerprint density at radius 1 is 0.950 bits per heavy atom. The Balaban J connectivity index is 2.78. The summed E-state index contributed by atoms with van der Waals surface area (Å²) >= 11 is 0. The zero-order chi connectivity index (χ0) is 15.1. The zero-order valence-corrected chi connectivity index (χ0v) is 12.0. The van der Waals surface area contributed by atoms with Crippen LogP contribution in [0.2, 0.25) is 0 Å². The lowest BCUT2D eigenvalue weighted by molar-refractivity contribution is 0.483. The third-order valence-electron chi connectivity index (χ3n) is 3.23. The molecule has 2 aromatic rings. The maximum atomic E-state index is 11.5. The van der Waals surface area contributed by atoms with E-state index in [2.05, 4.69) is 0 Å². The number of hydrogen-bond acceptors (Lipinski definition) is 4. The second-order valence-electron chi connectivity index (χ2n) is 4.75. The highest BCUT2D eigenvalue weighted by atomic mass is 32.2. The van der Waals surface area contributed by atoms with Crippen molar-refractivity contribution in [3.8, 4) is 11.1 Å². The monoisotopic (exact) mass is 292 g/mol. The van der Waals surface area contributed by atoms with Crippen LogP contribution in [0.15, 0.2) is 35.2 Å². The molecule has 6 heteroatoms. The molecule has 0 saturated heterocycles. The van der Waals surface area contributed by atoms with Crippen molar-refractivity contribution >= 4 is 21.5 Å². The highest BCUT2D eigenvalue weighted by Gasteiger charge is 2.18. The van der Waals surface area contributed by atoms with Crippen LogP contribution < -0.4 is 11.5 Å². The van der Waals surface area contributed by atoms with Crippen LogP contribution in [0.25, 0.3) is 11.1 Å².